The summed E-state index contributed by atoms with van der Waals surface area (Å²) in [5.74, 6) is 0. The van der Waals surface area contributed by atoms with Gasteiger partial charge < -0.3 is 4.98 Å². The Morgan fingerprint density at radius 3 is 2.57 bits per heavy atom. The molecule has 0 fully saturated rings. The second-order valence-electron chi connectivity index (χ2n) is 5.02. The number of aromatic nitrogens is 1. The number of halogens is 2. The van der Waals surface area contributed by atoms with Gasteiger partial charge in [0, 0.05) is 21.8 Å². The van der Waals surface area contributed by atoms with Gasteiger partial charge in [-0.15, -0.1) is 22.9 Å². The summed E-state index contributed by atoms with van der Waals surface area (Å²) in [5.41, 5.74) is 4.64. The number of hydrogen-bond donors (Lipinski definition) is 1. The monoisotopic (exact) mass is 423 g/mol. The van der Waals surface area contributed by atoms with Crippen LogP contribution in [0.4, 0.5) is 0 Å². The molecule has 21 heavy (non-hydrogen) atoms. The van der Waals surface area contributed by atoms with Crippen LogP contribution in [0.15, 0.2) is 53.9 Å². The predicted molar refractivity (Wildman–Crippen MR) is 101 cm³/mol. The zero-order valence-corrected chi connectivity index (χ0v) is 14.7. The van der Waals surface area contributed by atoms with Crippen LogP contribution in [0.3, 0.4) is 0 Å². The summed E-state index contributed by atoms with van der Waals surface area (Å²) in [7, 11) is 0. The van der Waals surface area contributed by atoms with Crippen molar-refractivity contribution in [3.8, 4) is 0 Å². The van der Waals surface area contributed by atoms with E-state index in [0.29, 0.717) is 0 Å². The highest BCUT2D eigenvalue weighted by Crippen LogP contribution is 2.35. The first-order valence-electron chi connectivity index (χ1n) is 6.61. The van der Waals surface area contributed by atoms with Crippen LogP contribution in [0.1, 0.15) is 16.5 Å². The number of H-pyrrole nitrogens is 1. The van der Waals surface area contributed by atoms with Gasteiger partial charge in [0.05, 0.1) is 8.26 Å². The first-order valence-corrected chi connectivity index (χ1v) is 9.00. The topological polar surface area (TPSA) is 15.8 Å². The number of rotatable bonds is 2. The summed E-state index contributed by atoms with van der Waals surface area (Å²) >= 11 is 10.7. The Kier molecular flexibility index (Phi) is 3.44. The van der Waals surface area contributed by atoms with E-state index < -0.39 is 0 Å². The van der Waals surface area contributed by atoms with Crippen LogP contribution in [-0.2, 0) is 0 Å². The van der Waals surface area contributed by atoms with Crippen molar-refractivity contribution < 1.29 is 0 Å². The Labute approximate surface area is 145 Å². The van der Waals surface area contributed by atoms with E-state index in [2.05, 4.69) is 81.5 Å². The van der Waals surface area contributed by atoms with Crippen LogP contribution >= 0.6 is 45.5 Å². The molecule has 4 heteroatoms. The van der Waals surface area contributed by atoms with Crippen LogP contribution in [-0.4, -0.2) is 4.98 Å². The summed E-state index contributed by atoms with van der Waals surface area (Å²) in [4.78, 5) is 3.45. The van der Waals surface area contributed by atoms with Gasteiger partial charge in [-0.05, 0) is 63.4 Å². The number of benzene rings is 2. The lowest BCUT2D eigenvalue weighted by molar-refractivity contribution is 1.16. The van der Waals surface area contributed by atoms with Gasteiger partial charge in [-0.3, -0.25) is 0 Å². The Morgan fingerprint density at radius 2 is 1.76 bits per heavy atom. The predicted octanol–water partition coefficient (Wildman–Crippen LogP) is 6.32. The van der Waals surface area contributed by atoms with Gasteiger partial charge in [-0.1, -0.05) is 24.3 Å². The molecule has 4 aromatic rings. The summed E-state index contributed by atoms with van der Waals surface area (Å²) in [6.45, 7) is 0. The molecule has 1 atom stereocenters. The summed E-state index contributed by atoms with van der Waals surface area (Å²) in [6, 6.07) is 17.0. The van der Waals surface area contributed by atoms with Gasteiger partial charge in [0.2, 0.25) is 0 Å². The van der Waals surface area contributed by atoms with Gasteiger partial charge in [-0.25, -0.2) is 0 Å². The molecule has 104 valence electrons. The van der Waals surface area contributed by atoms with Crippen molar-refractivity contribution in [1.29, 1.82) is 0 Å². The fraction of sp³-hybridized carbons (Fsp3) is 0.0588. The number of hydrogen-bond acceptors (Lipinski definition) is 1. The highest BCUT2D eigenvalue weighted by Gasteiger charge is 2.14. The third-order valence-corrected chi connectivity index (χ3v) is 6.01. The molecule has 1 N–H and O–H groups in total. The van der Waals surface area contributed by atoms with E-state index in [1.54, 1.807) is 11.3 Å². The number of alkyl halides is 1. The Morgan fingerprint density at radius 1 is 0.952 bits per heavy atom. The quantitative estimate of drug-likeness (QED) is 0.287. The maximum Gasteiger partial charge on any atom is 0.0844 e. The third kappa shape index (κ3) is 2.37. The minimum Gasteiger partial charge on any atom is -0.355 e. The van der Waals surface area contributed by atoms with Crippen LogP contribution in [0, 0.1) is 2.88 Å². The van der Waals surface area contributed by atoms with Crippen LogP contribution in [0.5, 0.6) is 0 Å². The minimum atomic E-state index is -0.0946. The van der Waals surface area contributed by atoms with Crippen molar-refractivity contribution >= 4 is 67.3 Å². The minimum absolute atomic E-state index is 0.0946. The van der Waals surface area contributed by atoms with Crippen molar-refractivity contribution in [1.82, 2.24) is 4.98 Å². The van der Waals surface area contributed by atoms with Gasteiger partial charge in [0.1, 0.15) is 0 Å². The van der Waals surface area contributed by atoms with Crippen LogP contribution in [0.25, 0.3) is 21.8 Å². The standard InChI is InChI=1S/C17H11ClINS/c18-17(11-8-16(19)21-9-11)10-5-6-15-13(7-10)12-3-1-2-4-14(12)20-15/h1-9,17,20H. The first-order chi connectivity index (χ1) is 10.2. The number of aromatic amines is 1. The molecule has 0 amide bonds. The molecule has 0 radical (unpaired) electrons. The summed E-state index contributed by atoms with van der Waals surface area (Å²) in [5, 5.41) is 4.53. The summed E-state index contributed by atoms with van der Waals surface area (Å²) in [6.07, 6.45) is 0. The van der Waals surface area contributed by atoms with E-state index in [1.165, 1.54) is 24.7 Å². The van der Waals surface area contributed by atoms with E-state index >= 15 is 0 Å². The fourth-order valence-corrected chi connectivity index (χ4v) is 4.41. The molecule has 1 unspecified atom stereocenters. The van der Waals surface area contributed by atoms with Crippen molar-refractivity contribution in [2.24, 2.45) is 0 Å². The van der Waals surface area contributed by atoms with E-state index in [4.69, 9.17) is 11.6 Å². The van der Waals surface area contributed by atoms with Gasteiger partial charge in [0.25, 0.3) is 0 Å². The van der Waals surface area contributed by atoms with Crippen molar-refractivity contribution in [2.75, 3.05) is 0 Å². The molecule has 2 aromatic heterocycles. The van der Waals surface area contributed by atoms with E-state index in [-0.39, 0.29) is 5.38 Å². The van der Waals surface area contributed by atoms with Crippen molar-refractivity contribution in [3.63, 3.8) is 0 Å². The Hall–Kier alpha value is -1.04. The molecule has 0 saturated carbocycles. The van der Waals surface area contributed by atoms with Gasteiger partial charge in [-0.2, -0.15) is 0 Å². The number of fused-ring (bicyclic) bond motifs is 3. The second kappa shape index (κ2) is 5.30. The molecule has 0 saturated heterocycles. The SMILES string of the molecule is ClC(c1csc(I)c1)c1ccc2[nH]c3ccccc3c2c1. The first kappa shape index (κ1) is 13.6. The zero-order chi connectivity index (χ0) is 14.4. The van der Waals surface area contributed by atoms with Crippen molar-refractivity contribution in [3.05, 3.63) is 67.9 Å². The van der Waals surface area contributed by atoms with E-state index in [1.807, 2.05) is 0 Å². The summed E-state index contributed by atoms with van der Waals surface area (Å²) < 4.78 is 1.27. The van der Waals surface area contributed by atoms with Crippen molar-refractivity contribution in [2.45, 2.75) is 5.38 Å². The molecule has 2 aromatic carbocycles. The molecule has 4 rings (SSSR count). The maximum atomic E-state index is 6.66. The lowest BCUT2D eigenvalue weighted by Crippen LogP contribution is -1.90. The lowest BCUT2D eigenvalue weighted by atomic mass is 10.0. The second-order valence-corrected chi connectivity index (χ2v) is 8.26. The lowest BCUT2D eigenvalue weighted by Gasteiger charge is -2.08. The highest BCUT2D eigenvalue weighted by atomic mass is 127. The molecule has 0 aliphatic rings. The Balaban J connectivity index is 1.88. The number of nitrogens with one attached hydrogen (secondary N) is 1. The van der Waals surface area contributed by atoms with E-state index in [0.717, 1.165) is 11.1 Å². The fourth-order valence-electron chi connectivity index (χ4n) is 2.67. The zero-order valence-electron chi connectivity index (χ0n) is 10.9. The highest BCUT2D eigenvalue weighted by molar-refractivity contribution is 14.1. The van der Waals surface area contributed by atoms with Gasteiger partial charge >= 0.3 is 0 Å². The molecule has 0 spiro atoms. The molecule has 2 heterocycles. The molecule has 0 aliphatic heterocycles. The van der Waals surface area contributed by atoms with Gasteiger partial charge in [0.15, 0.2) is 0 Å². The van der Waals surface area contributed by atoms with Crippen LogP contribution < -0.4 is 0 Å². The van der Waals surface area contributed by atoms with E-state index in [9.17, 15) is 0 Å². The maximum absolute atomic E-state index is 6.66. The average Bonchev–Trinajstić information content (AvgIpc) is 3.09. The normalized spacial score (nSPS) is 13.0. The largest absolute Gasteiger partial charge is 0.355 e. The molecular weight excluding hydrogens is 413 g/mol. The smallest absolute Gasteiger partial charge is 0.0844 e. The molecule has 0 aliphatic carbocycles. The number of para-hydroxylation sites is 1. The molecule has 1 nitrogen and oxygen atoms in total. The van der Waals surface area contributed by atoms with Crippen LogP contribution in [0.2, 0.25) is 0 Å². The third-order valence-electron chi connectivity index (χ3n) is 3.70. The average molecular weight is 424 g/mol. The molecule has 0 bridgehead atoms. The molecular formula is C17H11ClINS. The Bertz CT molecular complexity index is 940. The number of thiophene rings is 1.